The molecule has 3 heteroatoms. The van der Waals surface area contributed by atoms with Gasteiger partial charge in [0.05, 0.1) is 0 Å². The summed E-state index contributed by atoms with van der Waals surface area (Å²) in [5, 5.41) is 1.41. The minimum Gasteiger partial charge on any atom is -0.301 e. The third-order valence-electron chi connectivity index (χ3n) is 5.09. The standard InChI is InChI=1S/C20H30N2S/c1-3-5-8-11-21-12-14-22(15-13-21)18(4-2)20-16-17-9-6-7-10-19(17)23-20/h6-7,9-10,16,18H,3-5,8,11-15H2,1-2H3. The van der Waals surface area contributed by atoms with E-state index in [0.29, 0.717) is 6.04 Å². The van der Waals surface area contributed by atoms with Gasteiger partial charge in [-0.1, -0.05) is 44.9 Å². The molecule has 0 aliphatic carbocycles. The van der Waals surface area contributed by atoms with Crippen LogP contribution in [0.4, 0.5) is 0 Å². The summed E-state index contributed by atoms with van der Waals surface area (Å²) in [5.41, 5.74) is 0. The summed E-state index contributed by atoms with van der Waals surface area (Å²) in [6.45, 7) is 10.8. The average molecular weight is 331 g/mol. The van der Waals surface area contributed by atoms with Crippen molar-refractivity contribution in [3.8, 4) is 0 Å². The SMILES string of the molecule is CCCCCN1CCN(C(CC)c2cc3ccccc3s2)CC1. The topological polar surface area (TPSA) is 6.48 Å². The third kappa shape index (κ3) is 4.14. The Balaban J connectivity index is 1.61. The van der Waals surface area contributed by atoms with Crippen LogP contribution in [0, 0.1) is 0 Å². The molecule has 2 nitrogen and oxygen atoms in total. The maximum absolute atomic E-state index is 2.71. The fourth-order valence-corrected chi connectivity index (χ4v) is 4.97. The Labute approximate surface area is 145 Å². The van der Waals surface area contributed by atoms with Crippen molar-refractivity contribution < 1.29 is 0 Å². The van der Waals surface area contributed by atoms with Crippen LogP contribution in [0.5, 0.6) is 0 Å². The van der Waals surface area contributed by atoms with E-state index >= 15 is 0 Å². The van der Waals surface area contributed by atoms with Crippen LogP contribution in [0.2, 0.25) is 0 Å². The molecule has 3 rings (SSSR count). The van der Waals surface area contributed by atoms with E-state index in [1.807, 2.05) is 11.3 Å². The van der Waals surface area contributed by atoms with Crippen LogP contribution in [0.15, 0.2) is 30.3 Å². The molecule has 0 N–H and O–H groups in total. The third-order valence-corrected chi connectivity index (χ3v) is 6.30. The van der Waals surface area contributed by atoms with Gasteiger partial charge >= 0.3 is 0 Å². The van der Waals surface area contributed by atoms with Gasteiger partial charge in [-0.3, -0.25) is 4.90 Å². The fourth-order valence-electron chi connectivity index (χ4n) is 3.69. The van der Waals surface area contributed by atoms with Gasteiger partial charge in [-0.15, -0.1) is 11.3 Å². The summed E-state index contributed by atoms with van der Waals surface area (Å²) in [4.78, 5) is 6.92. The van der Waals surface area contributed by atoms with E-state index in [1.165, 1.54) is 68.5 Å². The van der Waals surface area contributed by atoms with Crippen molar-refractivity contribution in [2.45, 2.75) is 45.6 Å². The molecule has 1 aromatic heterocycles. The Morgan fingerprint density at radius 3 is 2.52 bits per heavy atom. The number of hydrogen-bond acceptors (Lipinski definition) is 3. The highest BCUT2D eigenvalue weighted by molar-refractivity contribution is 7.19. The highest BCUT2D eigenvalue weighted by Crippen LogP contribution is 2.34. The lowest BCUT2D eigenvalue weighted by molar-refractivity contribution is 0.0941. The molecule has 1 unspecified atom stereocenters. The highest BCUT2D eigenvalue weighted by atomic mass is 32.1. The maximum atomic E-state index is 2.71. The Morgan fingerprint density at radius 2 is 1.83 bits per heavy atom. The minimum absolute atomic E-state index is 0.602. The molecule has 1 aromatic carbocycles. The second-order valence-corrected chi connectivity index (χ2v) is 7.81. The van der Waals surface area contributed by atoms with Crippen molar-refractivity contribution in [2.75, 3.05) is 32.7 Å². The zero-order chi connectivity index (χ0) is 16.1. The van der Waals surface area contributed by atoms with E-state index in [-0.39, 0.29) is 0 Å². The number of unbranched alkanes of at least 4 members (excludes halogenated alkanes) is 2. The first-order chi connectivity index (χ1) is 11.3. The molecule has 0 radical (unpaired) electrons. The van der Waals surface area contributed by atoms with E-state index in [1.54, 1.807) is 4.88 Å². The molecular formula is C20H30N2S. The largest absolute Gasteiger partial charge is 0.301 e. The molecule has 1 aliphatic rings. The van der Waals surface area contributed by atoms with Crippen LogP contribution in [-0.4, -0.2) is 42.5 Å². The van der Waals surface area contributed by atoms with Crippen LogP contribution in [0.3, 0.4) is 0 Å². The van der Waals surface area contributed by atoms with Gasteiger partial charge in [0.2, 0.25) is 0 Å². The molecule has 1 saturated heterocycles. The smallest absolute Gasteiger partial charge is 0.0440 e. The van der Waals surface area contributed by atoms with E-state index in [2.05, 4.69) is 54.0 Å². The van der Waals surface area contributed by atoms with Crippen molar-refractivity contribution in [1.82, 2.24) is 9.80 Å². The summed E-state index contributed by atoms with van der Waals surface area (Å²) in [6.07, 6.45) is 5.27. The van der Waals surface area contributed by atoms with Gasteiger partial charge in [0.15, 0.2) is 0 Å². The van der Waals surface area contributed by atoms with Crippen LogP contribution in [0.25, 0.3) is 10.1 Å². The van der Waals surface area contributed by atoms with E-state index in [0.717, 1.165) is 0 Å². The lowest BCUT2D eigenvalue weighted by Crippen LogP contribution is -2.47. The van der Waals surface area contributed by atoms with Gasteiger partial charge in [0.1, 0.15) is 0 Å². The lowest BCUT2D eigenvalue weighted by atomic mass is 10.1. The van der Waals surface area contributed by atoms with Gasteiger partial charge in [-0.2, -0.15) is 0 Å². The molecule has 0 amide bonds. The maximum Gasteiger partial charge on any atom is 0.0440 e. The summed E-state index contributed by atoms with van der Waals surface area (Å²) < 4.78 is 1.43. The van der Waals surface area contributed by atoms with Crippen molar-refractivity contribution in [2.24, 2.45) is 0 Å². The zero-order valence-electron chi connectivity index (χ0n) is 14.6. The van der Waals surface area contributed by atoms with Crippen LogP contribution >= 0.6 is 11.3 Å². The van der Waals surface area contributed by atoms with Crippen molar-refractivity contribution in [1.29, 1.82) is 0 Å². The first-order valence-electron chi connectivity index (χ1n) is 9.26. The van der Waals surface area contributed by atoms with E-state index in [9.17, 15) is 0 Å². The van der Waals surface area contributed by atoms with E-state index < -0.39 is 0 Å². The van der Waals surface area contributed by atoms with Crippen LogP contribution in [0.1, 0.15) is 50.4 Å². The predicted molar refractivity (Wildman–Crippen MR) is 102 cm³/mol. The molecule has 1 aliphatic heterocycles. The Morgan fingerprint density at radius 1 is 1.04 bits per heavy atom. The number of benzene rings is 1. The molecule has 0 saturated carbocycles. The molecule has 0 bridgehead atoms. The first kappa shape index (κ1) is 16.9. The van der Waals surface area contributed by atoms with Gasteiger partial charge in [-0.25, -0.2) is 0 Å². The summed E-state index contributed by atoms with van der Waals surface area (Å²) in [6, 6.07) is 11.8. The summed E-state index contributed by atoms with van der Waals surface area (Å²) in [7, 11) is 0. The molecular weight excluding hydrogens is 300 g/mol. The number of fused-ring (bicyclic) bond motifs is 1. The predicted octanol–water partition coefficient (Wildman–Crippen LogP) is 5.16. The second kappa shape index (κ2) is 8.27. The normalized spacial score (nSPS) is 18.5. The number of thiophene rings is 1. The Bertz CT molecular complexity index is 565. The molecule has 1 fully saturated rings. The van der Waals surface area contributed by atoms with Crippen molar-refractivity contribution in [3.63, 3.8) is 0 Å². The fraction of sp³-hybridized carbons (Fsp3) is 0.600. The van der Waals surface area contributed by atoms with Crippen molar-refractivity contribution >= 4 is 21.4 Å². The van der Waals surface area contributed by atoms with E-state index in [4.69, 9.17) is 0 Å². The van der Waals surface area contributed by atoms with Gasteiger partial charge < -0.3 is 4.90 Å². The number of nitrogens with zero attached hydrogens (tertiary/aromatic N) is 2. The van der Waals surface area contributed by atoms with Gasteiger partial charge in [0.25, 0.3) is 0 Å². The number of rotatable bonds is 7. The highest BCUT2D eigenvalue weighted by Gasteiger charge is 2.24. The molecule has 23 heavy (non-hydrogen) atoms. The Hall–Kier alpha value is -0.900. The molecule has 2 heterocycles. The van der Waals surface area contributed by atoms with Crippen LogP contribution in [-0.2, 0) is 0 Å². The summed E-state index contributed by atoms with van der Waals surface area (Å²) >= 11 is 1.99. The molecule has 126 valence electrons. The van der Waals surface area contributed by atoms with Crippen molar-refractivity contribution in [3.05, 3.63) is 35.2 Å². The monoisotopic (exact) mass is 330 g/mol. The van der Waals surface area contributed by atoms with Gasteiger partial charge in [0, 0.05) is 41.8 Å². The quantitative estimate of drug-likeness (QED) is 0.647. The zero-order valence-corrected chi connectivity index (χ0v) is 15.4. The average Bonchev–Trinajstić information content (AvgIpc) is 3.01. The second-order valence-electron chi connectivity index (χ2n) is 6.70. The lowest BCUT2D eigenvalue weighted by Gasteiger charge is -2.38. The minimum atomic E-state index is 0.602. The Kier molecular flexibility index (Phi) is 6.09. The first-order valence-corrected chi connectivity index (χ1v) is 10.1. The van der Waals surface area contributed by atoms with Crippen LogP contribution < -0.4 is 0 Å². The number of piperazine rings is 1. The van der Waals surface area contributed by atoms with Gasteiger partial charge in [-0.05, 0) is 36.9 Å². The molecule has 1 atom stereocenters. The number of hydrogen-bond donors (Lipinski definition) is 0. The molecule has 0 spiro atoms. The summed E-state index contributed by atoms with van der Waals surface area (Å²) in [5.74, 6) is 0. The molecule has 2 aromatic rings.